The van der Waals surface area contributed by atoms with Crippen LogP contribution in [0.25, 0.3) is 0 Å². The summed E-state index contributed by atoms with van der Waals surface area (Å²) < 4.78 is 0. The van der Waals surface area contributed by atoms with Crippen LogP contribution in [0.3, 0.4) is 0 Å². The number of nitrogens with one attached hydrogen (secondary N) is 1. The monoisotopic (exact) mass is 283 g/mol. The molecule has 2 aliphatic rings. The Balaban J connectivity index is 1.89. The lowest BCUT2D eigenvalue weighted by Crippen LogP contribution is -2.53. The first-order chi connectivity index (χ1) is 9.49. The third kappa shape index (κ3) is 3.42. The van der Waals surface area contributed by atoms with E-state index < -0.39 is 11.9 Å². The molecule has 0 bridgehead atoms. The second-order valence-corrected chi connectivity index (χ2v) is 6.14. The van der Waals surface area contributed by atoms with E-state index in [0.29, 0.717) is 12.5 Å². The van der Waals surface area contributed by atoms with Gasteiger partial charge in [-0.3, -0.25) is 4.79 Å². The van der Waals surface area contributed by atoms with E-state index in [1.165, 1.54) is 0 Å². The Hall–Kier alpha value is -1.30. The number of nitrogens with zero attached hydrogens (tertiary/aromatic N) is 2. The first kappa shape index (κ1) is 15.1. The number of likely N-dealkylation sites (N-methyl/N-ethyl adjacent to an activating group) is 1. The topological polar surface area (TPSA) is 72.9 Å². The predicted molar refractivity (Wildman–Crippen MR) is 75.6 cm³/mol. The lowest BCUT2D eigenvalue weighted by atomic mass is 10.0. The summed E-state index contributed by atoms with van der Waals surface area (Å²) in [5, 5.41) is 12.1. The van der Waals surface area contributed by atoms with Gasteiger partial charge in [-0.1, -0.05) is 6.42 Å². The quantitative estimate of drug-likeness (QED) is 0.809. The largest absolute Gasteiger partial charge is 0.481 e. The van der Waals surface area contributed by atoms with Crippen LogP contribution in [0.4, 0.5) is 4.79 Å². The maximum absolute atomic E-state index is 12.3. The van der Waals surface area contributed by atoms with Gasteiger partial charge in [-0.05, 0) is 39.8 Å². The Kier molecular flexibility index (Phi) is 4.86. The molecule has 6 nitrogen and oxygen atoms in total. The molecular weight excluding hydrogens is 258 g/mol. The van der Waals surface area contributed by atoms with Crippen molar-refractivity contribution in [1.29, 1.82) is 0 Å². The van der Waals surface area contributed by atoms with Crippen LogP contribution in [0.1, 0.15) is 32.1 Å². The summed E-state index contributed by atoms with van der Waals surface area (Å²) in [4.78, 5) is 27.4. The van der Waals surface area contributed by atoms with Crippen molar-refractivity contribution < 1.29 is 14.7 Å². The minimum Gasteiger partial charge on any atom is -0.481 e. The maximum Gasteiger partial charge on any atom is 0.317 e. The zero-order valence-electron chi connectivity index (χ0n) is 12.3. The summed E-state index contributed by atoms with van der Waals surface area (Å²) in [6.07, 6.45) is 4.43. The van der Waals surface area contributed by atoms with Crippen molar-refractivity contribution in [3.8, 4) is 0 Å². The van der Waals surface area contributed by atoms with Crippen molar-refractivity contribution >= 4 is 12.0 Å². The molecule has 1 saturated heterocycles. The first-order valence-electron chi connectivity index (χ1n) is 7.43. The molecule has 0 aromatic rings. The number of likely N-dealkylation sites (tertiary alicyclic amines) is 1. The summed E-state index contributed by atoms with van der Waals surface area (Å²) in [6.45, 7) is 1.49. The van der Waals surface area contributed by atoms with Gasteiger partial charge in [0.25, 0.3) is 0 Å². The fourth-order valence-corrected chi connectivity index (χ4v) is 3.24. The number of carboxylic acid groups (broad SMARTS) is 1. The fourth-order valence-electron chi connectivity index (χ4n) is 3.24. The molecule has 0 spiro atoms. The number of hydrogen-bond donors (Lipinski definition) is 2. The SMILES string of the molecule is CN(C)C1CCCN(C(=O)NC2CCCC2C(=O)O)C1. The van der Waals surface area contributed by atoms with Crippen molar-refractivity contribution in [2.24, 2.45) is 5.92 Å². The molecule has 1 heterocycles. The highest BCUT2D eigenvalue weighted by Gasteiger charge is 2.35. The molecule has 2 fully saturated rings. The van der Waals surface area contributed by atoms with Crippen LogP contribution in [0, 0.1) is 5.92 Å². The molecule has 3 unspecified atom stereocenters. The average molecular weight is 283 g/mol. The molecule has 1 saturated carbocycles. The van der Waals surface area contributed by atoms with Crippen LogP contribution in [0.15, 0.2) is 0 Å². The van der Waals surface area contributed by atoms with Crippen LogP contribution in [0.5, 0.6) is 0 Å². The zero-order chi connectivity index (χ0) is 14.7. The van der Waals surface area contributed by atoms with E-state index in [9.17, 15) is 9.59 Å². The zero-order valence-corrected chi connectivity index (χ0v) is 12.3. The summed E-state index contributed by atoms with van der Waals surface area (Å²) in [5.41, 5.74) is 0. The molecule has 0 aromatic heterocycles. The molecule has 2 N–H and O–H groups in total. The van der Waals surface area contributed by atoms with Gasteiger partial charge >= 0.3 is 12.0 Å². The van der Waals surface area contributed by atoms with E-state index in [-0.39, 0.29) is 12.1 Å². The molecular formula is C14H25N3O3. The highest BCUT2D eigenvalue weighted by atomic mass is 16.4. The van der Waals surface area contributed by atoms with Gasteiger partial charge in [0.05, 0.1) is 5.92 Å². The van der Waals surface area contributed by atoms with Gasteiger partial charge in [-0.2, -0.15) is 0 Å². The van der Waals surface area contributed by atoms with Crippen LogP contribution in [0.2, 0.25) is 0 Å². The molecule has 114 valence electrons. The number of rotatable bonds is 3. The third-order valence-corrected chi connectivity index (χ3v) is 4.56. The van der Waals surface area contributed by atoms with E-state index in [2.05, 4.69) is 10.2 Å². The summed E-state index contributed by atoms with van der Waals surface area (Å²) in [6, 6.07) is 0.0859. The number of aliphatic carboxylic acids is 1. The van der Waals surface area contributed by atoms with E-state index in [4.69, 9.17) is 5.11 Å². The Bertz CT molecular complexity index is 373. The Morgan fingerprint density at radius 1 is 1.20 bits per heavy atom. The first-order valence-corrected chi connectivity index (χ1v) is 7.43. The molecule has 20 heavy (non-hydrogen) atoms. The number of carbonyl (C=O) groups is 2. The van der Waals surface area contributed by atoms with Gasteiger partial charge in [0.1, 0.15) is 0 Å². The Morgan fingerprint density at radius 2 is 1.95 bits per heavy atom. The fraction of sp³-hybridized carbons (Fsp3) is 0.857. The van der Waals surface area contributed by atoms with Gasteiger partial charge in [0.15, 0.2) is 0 Å². The molecule has 1 aliphatic heterocycles. The van der Waals surface area contributed by atoms with E-state index in [1.54, 1.807) is 0 Å². The van der Waals surface area contributed by atoms with Gasteiger partial charge in [0.2, 0.25) is 0 Å². The second kappa shape index (κ2) is 6.43. The minimum absolute atomic E-state index is 0.102. The third-order valence-electron chi connectivity index (χ3n) is 4.56. The van der Waals surface area contributed by atoms with Gasteiger partial charge in [0, 0.05) is 25.2 Å². The molecule has 2 rings (SSSR count). The van der Waals surface area contributed by atoms with Crippen molar-refractivity contribution in [1.82, 2.24) is 15.1 Å². The van der Waals surface area contributed by atoms with Crippen LogP contribution < -0.4 is 5.32 Å². The van der Waals surface area contributed by atoms with Gasteiger partial charge < -0.3 is 20.2 Å². The predicted octanol–water partition coefficient (Wildman–Crippen LogP) is 0.975. The summed E-state index contributed by atoms with van der Waals surface area (Å²) in [7, 11) is 4.06. The Labute approximate surface area is 120 Å². The maximum atomic E-state index is 12.3. The number of hydrogen-bond acceptors (Lipinski definition) is 3. The summed E-state index contributed by atoms with van der Waals surface area (Å²) in [5.74, 6) is -1.22. The molecule has 0 radical (unpaired) electrons. The van der Waals surface area contributed by atoms with Crippen molar-refractivity contribution in [3.63, 3.8) is 0 Å². The molecule has 2 amide bonds. The number of piperidine rings is 1. The number of carbonyl (C=O) groups excluding carboxylic acids is 1. The van der Waals surface area contributed by atoms with E-state index in [1.807, 2.05) is 19.0 Å². The lowest BCUT2D eigenvalue weighted by Gasteiger charge is -2.36. The second-order valence-electron chi connectivity index (χ2n) is 6.14. The number of carboxylic acids is 1. The van der Waals surface area contributed by atoms with Crippen molar-refractivity contribution in [3.05, 3.63) is 0 Å². The minimum atomic E-state index is -0.794. The van der Waals surface area contributed by atoms with Crippen LogP contribution >= 0.6 is 0 Å². The number of urea groups is 1. The van der Waals surface area contributed by atoms with Gasteiger partial charge in [-0.15, -0.1) is 0 Å². The van der Waals surface area contributed by atoms with Crippen LogP contribution in [-0.4, -0.2) is 66.2 Å². The molecule has 0 aromatic carbocycles. The van der Waals surface area contributed by atoms with Gasteiger partial charge in [-0.25, -0.2) is 4.79 Å². The highest BCUT2D eigenvalue weighted by Crippen LogP contribution is 2.26. The lowest BCUT2D eigenvalue weighted by molar-refractivity contribution is -0.142. The van der Waals surface area contributed by atoms with Crippen molar-refractivity contribution in [2.75, 3.05) is 27.2 Å². The smallest absolute Gasteiger partial charge is 0.317 e. The van der Waals surface area contributed by atoms with Crippen LogP contribution in [-0.2, 0) is 4.79 Å². The molecule has 1 aliphatic carbocycles. The Morgan fingerprint density at radius 3 is 2.60 bits per heavy atom. The highest BCUT2D eigenvalue weighted by molar-refractivity contribution is 5.77. The van der Waals surface area contributed by atoms with E-state index >= 15 is 0 Å². The average Bonchev–Trinajstić information content (AvgIpc) is 2.87. The van der Waals surface area contributed by atoms with E-state index in [0.717, 1.165) is 38.8 Å². The summed E-state index contributed by atoms with van der Waals surface area (Å²) >= 11 is 0. The molecule has 3 atom stereocenters. The van der Waals surface area contributed by atoms with Crippen molar-refractivity contribution in [2.45, 2.75) is 44.2 Å². The molecule has 6 heteroatoms. The number of amides is 2. The normalized spacial score (nSPS) is 30.6. The standard InChI is InChI=1S/C14H25N3O3/c1-16(2)10-5-4-8-17(9-10)14(20)15-12-7-3-6-11(12)13(18)19/h10-12H,3-9H2,1-2H3,(H,15,20)(H,18,19).